The van der Waals surface area contributed by atoms with Crippen LogP contribution in [0.3, 0.4) is 0 Å². The van der Waals surface area contributed by atoms with Gasteiger partial charge in [0.25, 0.3) is 0 Å². The van der Waals surface area contributed by atoms with Gasteiger partial charge in [-0.25, -0.2) is 18.4 Å². The lowest BCUT2D eigenvalue weighted by Crippen LogP contribution is -2.40. The highest BCUT2D eigenvalue weighted by Crippen LogP contribution is 2.21. The van der Waals surface area contributed by atoms with Gasteiger partial charge in [0.05, 0.1) is 5.69 Å². The van der Waals surface area contributed by atoms with E-state index in [1.54, 1.807) is 25.1 Å². The van der Waals surface area contributed by atoms with Crippen molar-refractivity contribution >= 4 is 23.6 Å². The third kappa shape index (κ3) is 8.38. The fourth-order valence-electron chi connectivity index (χ4n) is 3.81. The number of hydrogen-bond acceptors (Lipinski definition) is 4. The van der Waals surface area contributed by atoms with E-state index in [1.807, 2.05) is 17.9 Å². The molecule has 3 rings (SSSR count). The van der Waals surface area contributed by atoms with E-state index in [2.05, 4.69) is 18.9 Å². The molecule has 1 fully saturated rings. The summed E-state index contributed by atoms with van der Waals surface area (Å²) in [4.78, 5) is 27.4. The van der Waals surface area contributed by atoms with Crippen molar-refractivity contribution in [2.45, 2.75) is 59.9 Å². The van der Waals surface area contributed by atoms with Crippen molar-refractivity contribution in [1.82, 2.24) is 19.2 Å². The lowest BCUT2D eigenvalue weighted by atomic mass is 9.95. The maximum Gasteiger partial charge on any atom is 0.350 e. The first-order valence-electron chi connectivity index (χ1n) is 12.1. The first-order chi connectivity index (χ1) is 16.7. The number of nitrogens with two attached hydrogens (primary N) is 1. The highest BCUT2D eigenvalue weighted by molar-refractivity contribution is 6.29. The van der Waals surface area contributed by atoms with Crippen molar-refractivity contribution in [1.29, 1.82) is 0 Å². The number of hydrogen-bond donors (Lipinski definition) is 1. The Labute approximate surface area is 212 Å². The van der Waals surface area contributed by atoms with Crippen LogP contribution in [0, 0.1) is 17.7 Å². The maximum atomic E-state index is 13.3. The highest BCUT2D eigenvalue weighted by Gasteiger charge is 2.25. The summed E-state index contributed by atoms with van der Waals surface area (Å²) in [5.74, 6) is 1.12. The van der Waals surface area contributed by atoms with E-state index in [9.17, 15) is 14.0 Å². The van der Waals surface area contributed by atoms with Crippen LogP contribution in [0.2, 0.25) is 0 Å². The van der Waals surface area contributed by atoms with Gasteiger partial charge in [-0.15, -0.1) is 5.10 Å². The van der Waals surface area contributed by atoms with Crippen LogP contribution >= 0.6 is 11.6 Å². The largest absolute Gasteiger partial charge is 0.404 e. The molecule has 1 amide bonds. The van der Waals surface area contributed by atoms with Gasteiger partial charge in [0, 0.05) is 37.3 Å². The van der Waals surface area contributed by atoms with Crippen LogP contribution in [0.5, 0.6) is 0 Å². The van der Waals surface area contributed by atoms with Crippen molar-refractivity contribution in [3.8, 4) is 5.69 Å². The molecule has 1 atom stereocenters. The molecule has 0 spiro atoms. The zero-order valence-corrected chi connectivity index (χ0v) is 21.8. The number of allylic oxidation sites excluding steroid dienone is 2. The molecule has 0 aliphatic carbocycles. The molecule has 2 heterocycles. The maximum absolute atomic E-state index is 13.3. The fourth-order valence-corrected chi connectivity index (χ4v) is 3.81. The molecule has 1 aromatic heterocycles. The molecule has 1 aliphatic heterocycles. The lowest BCUT2D eigenvalue weighted by Gasteiger charge is -2.32. The van der Waals surface area contributed by atoms with Gasteiger partial charge in [-0.05, 0) is 68.9 Å². The first-order valence-corrected chi connectivity index (χ1v) is 12.5. The molecule has 2 N–H and O–H groups in total. The predicted molar refractivity (Wildman–Crippen MR) is 140 cm³/mol. The third-order valence-electron chi connectivity index (χ3n) is 6.11. The summed E-state index contributed by atoms with van der Waals surface area (Å²) in [6, 6.07) is 5.84. The average Bonchev–Trinajstić information content (AvgIpc) is 3.15. The molecule has 0 radical (unpaired) electrons. The minimum atomic E-state index is -0.346. The number of halogens is 2. The number of piperidine rings is 1. The number of carbonyl (C=O) groups is 1. The first kappa shape index (κ1) is 28.4. The molecule has 35 heavy (non-hydrogen) atoms. The molecular weight excluding hydrogens is 469 g/mol. The van der Waals surface area contributed by atoms with Gasteiger partial charge < -0.3 is 10.6 Å². The van der Waals surface area contributed by atoms with Crippen molar-refractivity contribution < 1.29 is 9.18 Å². The van der Waals surface area contributed by atoms with Crippen LogP contribution in [0.1, 0.15) is 59.2 Å². The Morgan fingerprint density at radius 3 is 2.40 bits per heavy atom. The second-order valence-corrected chi connectivity index (χ2v) is 9.53. The topological polar surface area (TPSA) is 86.2 Å². The highest BCUT2D eigenvalue weighted by atomic mass is 35.5. The molecular formula is C26H37ClFN5O2. The van der Waals surface area contributed by atoms with Crippen LogP contribution in [0.15, 0.2) is 46.4 Å². The molecule has 9 heteroatoms. The molecule has 7 nitrogen and oxygen atoms in total. The molecule has 1 saturated heterocycles. The Hall–Kier alpha value is -2.87. The summed E-state index contributed by atoms with van der Waals surface area (Å²) in [5, 5.41) is 5.13. The summed E-state index contributed by atoms with van der Waals surface area (Å²) < 4.78 is 16.3. The van der Waals surface area contributed by atoms with E-state index in [1.165, 1.54) is 27.6 Å². The standard InChI is InChI=1S/C23H31FN4O2.C3H6ClN/c1-4-6-21-25-27(23(30)28(21)20-9-7-19(24)8-10-20)16-18-11-13-26(14-12-18)22(29)15-17(3)5-2;1-3(4)2-5/h4,6-10,17-18H,5,11-16H2,1-3H3;2H,5H2,1H3/b6-4+;3-2+. The molecule has 1 unspecified atom stereocenters. The third-order valence-corrected chi connectivity index (χ3v) is 6.24. The Bertz CT molecular complexity index is 1060. The number of benzene rings is 1. The summed E-state index contributed by atoms with van der Waals surface area (Å²) in [5.41, 5.74) is 5.23. The minimum Gasteiger partial charge on any atom is -0.404 e. The number of amides is 1. The molecule has 0 bridgehead atoms. The fraction of sp³-hybridized carbons (Fsp3) is 0.500. The van der Waals surface area contributed by atoms with Crippen LogP contribution in [-0.4, -0.2) is 38.2 Å². The predicted octanol–water partition coefficient (Wildman–Crippen LogP) is 4.93. The Morgan fingerprint density at radius 1 is 1.29 bits per heavy atom. The monoisotopic (exact) mass is 505 g/mol. The van der Waals surface area contributed by atoms with Crippen LogP contribution in [-0.2, 0) is 11.3 Å². The van der Waals surface area contributed by atoms with Crippen molar-refractivity contribution in [3.63, 3.8) is 0 Å². The van der Waals surface area contributed by atoms with Gasteiger partial charge >= 0.3 is 5.69 Å². The van der Waals surface area contributed by atoms with Crippen LogP contribution < -0.4 is 11.4 Å². The Balaban J connectivity index is 0.000000784. The Kier molecular flexibility index (Phi) is 11.2. The number of aromatic nitrogens is 3. The summed E-state index contributed by atoms with van der Waals surface area (Å²) in [6.45, 7) is 9.78. The van der Waals surface area contributed by atoms with Gasteiger partial charge in [0.2, 0.25) is 5.91 Å². The zero-order chi connectivity index (χ0) is 26.0. The summed E-state index contributed by atoms with van der Waals surface area (Å²) >= 11 is 5.20. The van der Waals surface area contributed by atoms with E-state index >= 15 is 0 Å². The summed E-state index contributed by atoms with van der Waals surface area (Å²) in [6.07, 6.45) is 8.29. The number of nitrogens with zero attached hydrogens (tertiary/aromatic N) is 4. The quantitative estimate of drug-likeness (QED) is 0.578. The number of carbonyl (C=O) groups excluding carboxylic acids is 1. The van der Waals surface area contributed by atoms with Gasteiger partial charge in [-0.3, -0.25) is 4.79 Å². The van der Waals surface area contributed by atoms with E-state index in [0.29, 0.717) is 41.3 Å². The van der Waals surface area contributed by atoms with E-state index in [-0.39, 0.29) is 17.4 Å². The normalized spacial score (nSPS) is 15.7. The Morgan fingerprint density at radius 2 is 1.89 bits per heavy atom. The molecule has 1 aromatic carbocycles. The van der Waals surface area contributed by atoms with Crippen molar-refractivity contribution in [2.24, 2.45) is 17.6 Å². The van der Waals surface area contributed by atoms with Gasteiger partial charge in [0.15, 0.2) is 5.82 Å². The average molecular weight is 506 g/mol. The molecule has 1 aliphatic rings. The molecule has 0 saturated carbocycles. The molecule has 192 valence electrons. The van der Waals surface area contributed by atoms with Gasteiger partial charge in [0.1, 0.15) is 5.82 Å². The van der Waals surface area contributed by atoms with E-state index in [0.717, 1.165) is 32.4 Å². The van der Waals surface area contributed by atoms with E-state index in [4.69, 9.17) is 17.3 Å². The SMILES string of the molecule is C/C(Cl)=C\N.C/C=C/c1nn(CC2CCN(C(=O)CC(C)CC)CC2)c(=O)n1-c1ccc(F)cc1. The lowest BCUT2D eigenvalue weighted by molar-refractivity contribution is -0.133. The molecule has 2 aromatic rings. The number of likely N-dealkylation sites (tertiary alicyclic amines) is 1. The van der Waals surface area contributed by atoms with Gasteiger partial charge in [-0.2, -0.15) is 0 Å². The van der Waals surface area contributed by atoms with Crippen molar-refractivity contribution in [2.75, 3.05) is 13.1 Å². The number of rotatable bonds is 7. The van der Waals surface area contributed by atoms with E-state index < -0.39 is 0 Å². The van der Waals surface area contributed by atoms with Crippen LogP contribution in [0.25, 0.3) is 11.8 Å². The minimum absolute atomic E-state index is 0.231. The van der Waals surface area contributed by atoms with Gasteiger partial charge in [-0.1, -0.05) is 37.9 Å². The zero-order valence-electron chi connectivity index (χ0n) is 21.1. The second-order valence-electron chi connectivity index (χ2n) is 8.93. The summed E-state index contributed by atoms with van der Waals surface area (Å²) in [7, 11) is 0. The second kappa shape index (κ2) is 13.9. The van der Waals surface area contributed by atoms with Crippen LogP contribution in [0.4, 0.5) is 4.39 Å². The van der Waals surface area contributed by atoms with Crippen molar-refractivity contribution in [3.05, 3.63) is 63.7 Å². The smallest absolute Gasteiger partial charge is 0.350 e.